The fourth-order valence-electron chi connectivity index (χ4n) is 7.81. The van der Waals surface area contributed by atoms with E-state index in [1.807, 2.05) is 0 Å². The van der Waals surface area contributed by atoms with Crippen molar-refractivity contribution in [3.8, 4) is 22.3 Å². The number of hydrogen-bond acceptors (Lipinski definition) is 3. The molecule has 0 fully saturated rings. The molecule has 2 aromatic heterocycles. The largest absolute Gasteiger partial charge is 0.352 e. The summed E-state index contributed by atoms with van der Waals surface area (Å²) >= 11 is 0. The van der Waals surface area contributed by atoms with Gasteiger partial charge in [0.1, 0.15) is 0 Å². The molecule has 2 unspecified atom stereocenters. The molecular formula is C45H32N4. The molecule has 4 nitrogen and oxygen atoms in total. The van der Waals surface area contributed by atoms with Crippen molar-refractivity contribution >= 4 is 49.2 Å². The molecule has 0 radical (unpaired) electrons. The predicted molar refractivity (Wildman–Crippen MR) is 204 cm³/mol. The Kier molecular flexibility index (Phi) is 6.36. The maximum absolute atomic E-state index is 5.32. The Morgan fingerprint density at radius 3 is 2.08 bits per heavy atom. The van der Waals surface area contributed by atoms with Crippen molar-refractivity contribution in [2.24, 2.45) is 0 Å². The average Bonchev–Trinajstić information content (AvgIpc) is 3.52. The highest BCUT2D eigenvalue weighted by Crippen LogP contribution is 2.42. The van der Waals surface area contributed by atoms with Crippen LogP contribution in [0.25, 0.3) is 65.7 Å². The van der Waals surface area contributed by atoms with Crippen molar-refractivity contribution in [1.82, 2.24) is 14.9 Å². The lowest BCUT2D eigenvalue weighted by Crippen LogP contribution is -2.40. The fraction of sp³-hybridized carbons (Fsp3) is 0.0444. The van der Waals surface area contributed by atoms with E-state index >= 15 is 0 Å². The van der Waals surface area contributed by atoms with Crippen LogP contribution in [0.3, 0.4) is 0 Å². The van der Waals surface area contributed by atoms with Crippen LogP contribution in [0.4, 0.5) is 5.69 Å². The molecule has 3 heterocycles. The van der Waals surface area contributed by atoms with Gasteiger partial charge in [-0.15, -0.1) is 0 Å². The molecule has 0 saturated carbocycles. The Labute approximate surface area is 284 Å². The number of pyridine rings is 1. The normalized spacial score (nSPS) is 15.8. The van der Waals surface area contributed by atoms with E-state index in [1.54, 1.807) is 0 Å². The molecule has 1 aliphatic heterocycles. The lowest BCUT2D eigenvalue weighted by molar-refractivity contribution is 0.413. The zero-order valence-corrected chi connectivity index (χ0v) is 26.7. The van der Waals surface area contributed by atoms with E-state index in [2.05, 4.69) is 185 Å². The summed E-state index contributed by atoms with van der Waals surface area (Å²) in [5, 5.41) is 14.1. The summed E-state index contributed by atoms with van der Waals surface area (Å²) < 4.78 is 2.45. The van der Waals surface area contributed by atoms with Gasteiger partial charge in [0.15, 0.2) is 6.29 Å². The van der Waals surface area contributed by atoms with Crippen LogP contribution in [-0.2, 0) is 0 Å². The molecule has 7 aromatic carbocycles. The van der Waals surface area contributed by atoms with Gasteiger partial charge in [0.05, 0.1) is 28.3 Å². The first-order valence-electron chi connectivity index (χ1n) is 16.9. The number of aromatic nitrogens is 2. The molecule has 2 atom stereocenters. The van der Waals surface area contributed by atoms with Crippen LogP contribution >= 0.6 is 0 Å². The third-order valence-electron chi connectivity index (χ3n) is 10.1. The smallest absolute Gasteiger partial charge is 0.160 e. The molecule has 9 aromatic rings. The predicted octanol–water partition coefficient (Wildman–Crippen LogP) is 11.1. The minimum atomic E-state index is -0.250. The van der Waals surface area contributed by atoms with E-state index in [4.69, 9.17) is 4.98 Å². The number of fused-ring (bicyclic) bond motifs is 7. The van der Waals surface area contributed by atoms with E-state index in [0.717, 1.165) is 22.3 Å². The number of hydrogen-bond donors (Lipinski definition) is 2. The second kappa shape index (κ2) is 11.2. The van der Waals surface area contributed by atoms with Crippen LogP contribution in [0, 0.1) is 0 Å². The first-order valence-corrected chi connectivity index (χ1v) is 16.9. The van der Waals surface area contributed by atoms with Crippen LogP contribution in [0.1, 0.15) is 23.6 Å². The van der Waals surface area contributed by atoms with Crippen LogP contribution in [-0.4, -0.2) is 9.55 Å². The highest BCUT2D eigenvalue weighted by molar-refractivity contribution is 6.21. The summed E-state index contributed by atoms with van der Waals surface area (Å²) in [7, 11) is 0. The Balaban J connectivity index is 1.21. The van der Waals surface area contributed by atoms with E-state index in [-0.39, 0.29) is 12.3 Å². The molecule has 10 rings (SSSR count). The monoisotopic (exact) mass is 628 g/mol. The molecule has 1 aliphatic rings. The van der Waals surface area contributed by atoms with Crippen molar-refractivity contribution in [2.45, 2.75) is 12.3 Å². The van der Waals surface area contributed by atoms with Gasteiger partial charge >= 0.3 is 0 Å². The number of nitrogens with one attached hydrogen (secondary N) is 2. The molecule has 0 amide bonds. The van der Waals surface area contributed by atoms with Gasteiger partial charge in [-0.2, -0.15) is 0 Å². The van der Waals surface area contributed by atoms with Crippen LogP contribution < -0.4 is 10.6 Å². The molecular weight excluding hydrogens is 597 g/mol. The standard InChI is InChI=1S/C45H32N4/c1-3-13-29(14-4-1)32-23-25-36-42(27-32)49(41-26-24-31-17-7-8-18-33(31)43(36)41)45-47-39-22-12-10-20-35(39)44(48-45)40-28-37(30-15-5-2-6-16-30)34-19-9-11-21-38(34)46-40/h1-28,44-45,47-48H. The Morgan fingerprint density at radius 2 is 1.22 bits per heavy atom. The van der Waals surface area contributed by atoms with Crippen molar-refractivity contribution in [2.75, 3.05) is 5.32 Å². The fourth-order valence-corrected chi connectivity index (χ4v) is 7.81. The first-order chi connectivity index (χ1) is 24.3. The first kappa shape index (κ1) is 27.8. The van der Waals surface area contributed by atoms with Gasteiger partial charge in [-0.1, -0.05) is 140 Å². The summed E-state index contributed by atoms with van der Waals surface area (Å²) in [5.41, 5.74) is 11.4. The second-order valence-electron chi connectivity index (χ2n) is 12.9. The molecule has 232 valence electrons. The lowest BCUT2D eigenvalue weighted by Gasteiger charge is -2.36. The molecule has 0 aliphatic carbocycles. The minimum Gasteiger partial charge on any atom is -0.352 e. The van der Waals surface area contributed by atoms with Gasteiger partial charge in [-0.25, -0.2) is 0 Å². The number of rotatable bonds is 4. The van der Waals surface area contributed by atoms with Gasteiger partial charge in [0.2, 0.25) is 0 Å². The van der Waals surface area contributed by atoms with Gasteiger partial charge in [-0.05, 0) is 68.9 Å². The van der Waals surface area contributed by atoms with Crippen molar-refractivity contribution in [3.63, 3.8) is 0 Å². The zero-order valence-electron chi connectivity index (χ0n) is 26.7. The number of anilines is 1. The lowest BCUT2D eigenvalue weighted by atomic mass is 9.94. The summed E-state index contributed by atoms with van der Waals surface area (Å²) in [6.45, 7) is 0. The van der Waals surface area contributed by atoms with Gasteiger partial charge in [0, 0.05) is 21.8 Å². The van der Waals surface area contributed by atoms with Crippen molar-refractivity contribution < 1.29 is 0 Å². The summed E-state index contributed by atoms with van der Waals surface area (Å²) in [6, 6.07) is 60.7. The third kappa shape index (κ3) is 4.53. The number of para-hydroxylation sites is 2. The Bertz CT molecular complexity index is 2680. The van der Waals surface area contributed by atoms with Crippen LogP contribution in [0.5, 0.6) is 0 Å². The topological polar surface area (TPSA) is 41.9 Å². The van der Waals surface area contributed by atoms with E-state index in [9.17, 15) is 0 Å². The zero-order chi connectivity index (χ0) is 32.3. The Morgan fingerprint density at radius 1 is 0.510 bits per heavy atom. The highest BCUT2D eigenvalue weighted by atomic mass is 15.3. The highest BCUT2D eigenvalue weighted by Gasteiger charge is 2.31. The molecule has 2 N–H and O–H groups in total. The Hall–Kier alpha value is -6.23. The maximum Gasteiger partial charge on any atom is 0.160 e. The van der Waals surface area contributed by atoms with Crippen molar-refractivity contribution in [1.29, 1.82) is 0 Å². The number of benzene rings is 7. The molecule has 4 heteroatoms. The van der Waals surface area contributed by atoms with Crippen molar-refractivity contribution in [3.05, 3.63) is 181 Å². The van der Waals surface area contributed by atoms with Gasteiger partial charge in [-0.3, -0.25) is 10.3 Å². The molecule has 0 spiro atoms. The summed E-state index contributed by atoms with van der Waals surface area (Å²) in [6.07, 6.45) is -0.250. The van der Waals surface area contributed by atoms with Crippen LogP contribution in [0.15, 0.2) is 170 Å². The summed E-state index contributed by atoms with van der Waals surface area (Å²) in [5.74, 6) is 0. The minimum absolute atomic E-state index is 0.153. The molecule has 0 bridgehead atoms. The van der Waals surface area contributed by atoms with E-state index in [1.165, 1.54) is 60.4 Å². The molecule has 0 saturated heterocycles. The maximum atomic E-state index is 5.32. The SMILES string of the molecule is c1ccc(-c2ccc3c4c5ccccc5ccc4n(C4Nc5ccccc5C(c5cc(-c6ccccc6)c6ccccc6n5)N4)c3c2)cc1. The summed E-state index contributed by atoms with van der Waals surface area (Å²) in [4.78, 5) is 5.32. The van der Waals surface area contributed by atoms with Gasteiger partial charge < -0.3 is 9.88 Å². The second-order valence-corrected chi connectivity index (χ2v) is 12.9. The van der Waals surface area contributed by atoms with E-state index < -0.39 is 0 Å². The number of nitrogens with zero attached hydrogens (tertiary/aromatic N) is 2. The van der Waals surface area contributed by atoms with Gasteiger partial charge in [0.25, 0.3) is 0 Å². The average molecular weight is 629 g/mol. The van der Waals surface area contributed by atoms with Crippen LogP contribution in [0.2, 0.25) is 0 Å². The van der Waals surface area contributed by atoms with E-state index in [0.29, 0.717) is 0 Å². The third-order valence-corrected chi connectivity index (χ3v) is 10.1. The quantitative estimate of drug-likeness (QED) is 0.204. The molecule has 49 heavy (non-hydrogen) atoms.